The number of rotatable bonds is 2. The summed E-state index contributed by atoms with van der Waals surface area (Å²) in [6.07, 6.45) is 5.61. The molecule has 1 aliphatic carbocycles. The van der Waals surface area contributed by atoms with E-state index in [-0.39, 0.29) is 54.0 Å². The molecule has 0 aromatic carbocycles. The maximum atomic E-state index is 5.06. The number of hydrogen-bond donors (Lipinski definition) is 0. The first-order valence-electron chi connectivity index (χ1n) is 6.42. The van der Waals surface area contributed by atoms with Crippen LogP contribution >= 0.6 is 0 Å². The summed E-state index contributed by atoms with van der Waals surface area (Å²) in [4.78, 5) is 0. The van der Waals surface area contributed by atoms with Crippen LogP contribution in [0.5, 0.6) is 0 Å². The van der Waals surface area contributed by atoms with E-state index in [1.807, 2.05) is 0 Å². The second-order valence-corrected chi connectivity index (χ2v) is 7.16. The van der Waals surface area contributed by atoms with E-state index < -0.39 is 0 Å². The van der Waals surface area contributed by atoms with Crippen molar-refractivity contribution in [2.45, 2.75) is 78.8 Å². The largest absolute Gasteiger partial charge is 4.00 e. The third-order valence-electron chi connectivity index (χ3n) is 3.26. The van der Waals surface area contributed by atoms with E-state index in [1.54, 1.807) is 0 Å². The van der Waals surface area contributed by atoms with Crippen LogP contribution in [0.15, 0.2) is 0 Å². The molecule has 0 aromatic heterocycles. The van der Waals surface area contributed by atoms with Gasteiger partial charge in [-0.15, -0.1) is 11.6 Å². The zero-order valence-electron chi connectivity index (χ0n) is 14.9. The molecule has 1 atom stereocenters. The third kappa shape index (κ3) is 10.2. The molecule has 1 aliphatic rings. The molecule has 1 fully saturated rings. The molecule has 1 saturated carbocycles. The fourth-order valence-corrected chi connectivity index (χ4v) is 2.70. The standard InChI is InChI=1S/C14H28N.3CH3.Zr/c1-13(2,3)12(15-14(4,5)6)11-9-7-8-10-11;;;;/h11-12H,7-10H2,1-6H3;3*1H3;/q4*-1;+4. The van der Waals surface area contributed by atoms with Gasteiger partial charge < -0.3 is 27.6 Å². The molecule has 0 spiro atoms. The molecule has 2 heteroatoms. The van der Waals surface area contributed by atoms with E-state index >= 15 is 0 Å². The first kappa shape index (κ1) is 28.1. The molecule has 19 heavy (non-hydrogen) atoms. The van der Waals surface area contributed by atoms with Gasteiger partial charge in [-0.05, 0) is 0 Å². The van der Waals surface area contributed by atoms with Gasteiger partial charge >= 0.3 is 26.2 Å². The van der Waals surface area contributed by atoms with Crippen LogP contribution in [-0.4, -0.2) is 11.6 Å². The van der Waals surface area contributed by atoms with Crippen molar-refractivity contribution in [3.05, 3.63) is 27.6 Å². The molecule has 1 nitrogen and oxygen atoms in total. The number of nitrogens with zero attached hydrogens (tertiary/aromatic N) is 1. The van der Waals surface area contributed by atoms with Crippen molar-refractivity contribution >= 4 is 0 Å². The van der Waals surface area contributed by atoms with Gasteiger partial charge in [0.25, 0.3) is 0 Å². The first-order valence-corrected chi connectivity index (χ1v) is 6.42. The normalized spacial score (nSPS) is 17.4. The Kier molecular flexibility index (Phi) is 15.6. The van der Waals surface area contributed by atoms with Crippen LogP contribution in [0.2, 0.25) is 0 Å². The van der Waals surface area contributed by atoms with Gasteiger partial charge in [-0.1, -0.05) is 78.6 Å². The van der Waals surface area contributed by atoms with Crippen molar-refractivity contribution in [2.75, 3.05) is 0 Å². The predicted octanol–water partition coefficient (Wildman–Crippen LogP) is 6.11. The Morgan fingerprint density at radius 3 is 1.47 bits per heavy atom. The fourth-order valence-electron chi connectivity index (χ4n) is 2.70. The maximum absolute atomic E-state index is 5.06. The van der Waals surface area contributed by atoms with Crippen molar-refractivity contribution in [2.24, 2.45) is 11.3 Å². The van der Waals surface area contributed by atoms with Crippen LogP contribution < -0.4 is 0 Å². The second kappa shape index (κ2) is 10.6. The monoisotopic (exact) mass is 345 g/mol. The van der Waals surface area contributed by atoms with Crippen LogP contribution in [0.4, 0.5) is 0 Å². The molecule has 0 aromatic rings. The van der Waals surface area contributed by atoms with E-state index in [9.17, 15) is 0 Å². The van der Waals surface area contributed by atoms with E-state index in [0.29, 0.717) is 11.5 Å². The zero-order valence-corrected chi connectivity index (χ0v) is 17.4. The summed E-state index contributed by atoms with van der Waals surface area (Å²) >= 11 is 0. The van der Waals surface area contributed by atoms with Crippen molar-refractivity contribution in [1.29, 1.82) is 0 Å². The smallest absolute Gasteiger partial charge is 0.654 e. The Labute approximate surface area is 143 Å². The van der Waals surface area contributed by atoms with Gasteiger partial charge in [0.2, 0.25) is 0 Å². The Morgan fingerprint density at radius 2 is 1.21 bits per heavy atom. The summed E-state index contributed by atoms with van der Waals surface area (Å²) in [5, 5.41) is 5.06. The molecule has 0 saturated heterocycles. The Hall–Kier alpha value is 0.843. The van der Waals surface area contributed by atoms with Gasteiger partial charge in [-0.3, -0.25) is 0 Å². The molecule has 0 heterocycles. The molecule has 1 rings (SSSR count). The molecular weight excluding hydrogens is 309 g/mol. The summed E-state index contributed by atoms with van der Waals surface area (Å²) < 4.78 is 0. The summed E-state index contributed by atoms with van der Waals surface area (Å²) in [5.41, 5.74) is 0.433. The van der Waals surface area contributed by atoms with E-state index in [2.05, 4.69) is 41.5 Å². The molecule has 114 valence electrons. The SMILES string of the molecule is CC(C)(C)[N-]C(C1CCCC1)C(C)(C)C.[CH3-].[CH3-].[CH3-].[Zr+4]. The second-order valence-electron chi connectivity index (χ2n) is 7.16. The maximum Gasteiger partial charge on any atom is 4.00 e. The van der Waals surface area contributed by atoms with Gasteiger partial charge in [-0.25, -0.2) is 0 Å². The molecule has 0 bridgehead atoms. The Balaban J connectivity index is -0.000000281. The van der Waals surface area contributed by atoms with Crippen LogP contribution in [0.25, 0.3) is 5.32 Å². The minimum Gasteiger partial charge on any atom is -0.654 e. The summed E-state index contributed by atoms with van der Waals surface area (Å²) in [6, 6.07) is 0.542. The number of hydrogen-bond acceptors (Lipinski definition) is 0. The van der Waals surface area contributed by atoms with Crippen LogP contribution in [0.1, 0.15) is 67.2 Å². The van der Waals surface area contributed by atoms with Crippen LogP contribution in [0.3, 0.4) is 0 Å². The molecule has 0 radical (unpaired) electrons. The molecular formula is C17H37NZr. The predicted molar refractivity (Wildman–Crippen MR) is 87.6 cm³/mol. The summed E-state index contributed by atoms with van der Waals surface area (Å²) in [5.74, 6) is 0.837. The topological polar surface area (TPSA) is 14.1 Å². The van der Waals surface area contributed by atoms with Crippen molar-refractivity contribution in [3.63, 3.8) is 0 Å². The fraction of sp³-hybridized carbons (Fsp3) is 0.824. The van der Waals surface area contributed by atoms with E-state index in [0.717, 1.165) is 5.92 Å². The summed E-state index contributed by atoms with van der Waals surface area (Å²) in [7, 11) is 0. The van der Waals surface area contributed by atoms with E-state index in [4.69, 9.17) is 5.32 Å². The summed E-state index contributed by atoms with van der Waals surface area (Å²) in [6.45, 7) is 13.7. The first-order chi connectivity index (χ1) is 6.70. The quantitative estimate of drug-likeness (QED) is 0.535. The Morgan fingerprint density at radius 1 is 0.842 bits per heavy atom. The van der Waals surface area contributed by atoms with Gasteiger partial charge in [0.05, 0.1) is 0 Å². The zero-order chi connectivity index (χ0) is 11.7. The third-order valence-corrected chi connectivity index (χ3v) is 3.26. The van der Waals surface area contributed by atoms with Crippen LogP contribution in [-0.2, 0) is 26.2 Å². The molecule has 0 amide bonds. The van der Waals surface area contributed by atoms with Gasteiger partial charge in [0.15, 0.2) is 0 Å². The average Bonchev–Trinajstić information content (AvgIpc) is 2.47. The van der Waals surface area contributed by atoms with Gasteiger partial charge in [0, 0.05) is 0 Å². The molecule has 0 N–H and O–H groups in total. The van der Waals surface area contributed by atoms with Crippen molar-refractivity contribution in [3.8, 4) is 0 Å². The van der Waals surface area contributed by atoms with Crippen molar-refractivity contribution < 1.29 is 26.2 Å². The Bertz CT molecular complexity index is 194. The molecule has 0 aliphatic heterocycles. The van der Waals surface area contributed by atoms with Crippen molar-refractivity contribution in [1.82, 2.24) is 0 Å². The van der Waals surface area contributed by atoms with Gasteiger partial charge in [0.1, 0.15) is 0 Å². The molecule has 1 unspecified atom stereocenters. The minimum atomic E-state index is 0. The minimum absolute atomic E-state index is 0. The van der Waals surface area contributed by atoms with E-state index in [1.165, 1.54) is 25.7 Å². The van der Waals surface area contributed by atoms with Gasteiger partial charge in [-0.2, -0.15) is 0 Å². The van der Waals surface area contributed by atoms with Crippen LogP contribution in [0, 0.1) is 33.6 Å². The average molecular weight is 347 g/mol.